The lowest BCUT2D eigenvalue weighted by atomic mass is 10.1. The summed E-state index contributed by atoms with van der Waals surface area (Å²) in [5.41, 5.74) is 3.17. The fraction of sp³-hybridized carbons (Fsp3) is 0.421. The van der Waals surface area contributed by atoms with E-state index >= 15 is 0 Å². The number of nitrogens with one attached hydrogen (secondary N) is 2. The van der Waals surface area contributed by atoms with Gasteiger partial charge in [0.15, 0.2) is 11.7 Å². The number of nitrogens with zero attached hydrogens (tertiary/aromatic N) is 4. The van der Waals surface area contributed by atoms with E-state index in [1.165, 1.54) is 5.52 Å². The van der Waals surface area contributed by atoms with Crippen LogP contribution in [-0.2, 0) is 13.1 Å². The minimum atomic E-state index is 0.365. The molecule has 0 atom stereocenters. The monoisotopic (exact) mass is 354 g/mol. The highest BCUT2D eigenvalue weighted by molar-refractivity contribution is 5.79. The number of aliphatic imine (C=N–C) groups is 1. The fourth-order valence-electron chi connectivity index (χ4n) is 2.72. The highest BCUT2D eigenvalue weighted by atomic mass is 16.5. The summed E-state index contributed by atoms with van der Waals surface area (Å²) in [6.07, 6.45) is 2.87. The third kappa shape index (κ3) is 4.41. The molecule has 138 valence electrons. The Labute approximate surface area is 153 Å². The van der Waals surface area contributed by atoms with Gasteiger partial charge in [-0.3, -0.25) is 4.99 Å². The third-order valence-electron chi connectivity index (χ3n) is 4.22. The molecule has 0 aliphatic heterocycles. The van der Waals surface area contributed by atoms with Gasteiger partial charge in [0.2, 0.25) is 0 Å². The molecule has 0 aliphatic carbocycles. The molecule has 26 heavy (non-hydrogen) atoms. The largest absolute Gasteiger partial charge is 0.359 e. The molecule has 7 heteroatoms. The number of aromatic nitrogens is 3. The second-order valence-corrected chi connectivity index (χ2v) is 6.51. The SMILES string of the molecule is CN=C(NCCCn1cnc2ccccc21)NCc1cc(C(C)C)no1. The lowest BCUT2D eigenvalue weighted by molar-refractivity contribution is 0.372. The zero-order chi connectivity index (χ0) is 18.4. The quantitative estimate of drug-likeness (QED) is 0.387. The molecule has 0 saturated carbocycles. The van der Waals surface area contributed by atoms with Gasteiger partial charge in [-0.1, -0.05) is 31.1 Å². The molecule has 0 spiro atoms. The molecule has 0 fully saturated rings. The minimum Gasteiger partial charge on any atom is -0.359 e. The lowest BCUT2D eigenvalue weighted by Crippen LogP contribution is -2.37. The van der Waals surface area contributed by atoms with E-state index in [-0.39, 0.29) is 0 Å². The number of para-hydroxylation sites is 2. The summed E-state index contributed by atoms with van der Waals surface area (Å²) < 4.78 is 7.51. The molecule has 0 aliphatic rings. The molecule has 0 unspecified atom stereocenters. The van der Waals surface area contributed by atoms with Gasteiger partial charge in [-0.15, -0.1) is 0 Å². The van der Waals surface area contributed by atoms with Gasteiger partial charge in [0.05, 0.1) is 29.6 Å². The summed E-state index contributed by atoms with van der Waals surface area (Å²) in [4.78, 5) is 8.66. The summed E-state index contributed by atoms with van der Waals surface area (Å²) in [5.74, 6) is 1.92. The lowest BCUT2D eigenvalue weighted by Gasteiger charge is -2.11. The Kier molecular flexibility index (Phi) is 5.88. The summed E-state index contributed by atoms with van der Waals surface area (Å²) in [5, 5.41) is 10.6. The van der Waals surface area contributed by atoms with E-state index in [0.29, 0.717) is 12.5 Å². The molecule has 1 aromatic carbocycles. The molecular formula is C19H26N6O. The van der Waals surface area contributed by atoms with Crippen molar-refractivity contribution in [2.45, 2.75) is 39.3 Å². The molecule has 0 saturated heterocycles. The zero-order valence-electron chi connectivity index (χ0n) is 15.6. The minimum absolute atomic E-state index is 0.365. The van der Waals surface area contributed by atoms with Gasteiger partial charge in [0.1, 0.15) is 0 Å². The van der Waals surface area contributed by atoms with Gasteiger partial charge in [0, 0.05) is 26.2 Å². The first-order chi connectivity index (χ1) is 12.7. The Morgan fingerprint density at radius 2 is 2.12 bits per heavy atom. The number of imidazole rings is 1. The average Bonchev–Trinajstić information content (AvgIpc) is 3.28. The Bertz CT molecular complexity index is 864. The molecule has 0 radical (unpaired) electrons. The van der Waals surface area contributed by atoms with Crippen molar-refractivity contribution in [2.75, 3.05) is 13.6 Å². The molecule has 7 nitrogen and oxygen atoms in total. The number of hydrogen-bond donors (Lipinski definition) is 2. The van der Waals surface area contributed by atoms with Gasteiger partial charge in [-0.05, 0) is 24.5 Å². The molecule has 0 bridgehead atoms. The van der Waals surface area contributed by atoms with Crippen molar-refractivity contribution in [2.24, 2.45) is 4.99 Å². The van der Waals surface area contributed by atoms with Crippen LogP contribution in [0.4, 0.5) is 0 Å². The van der Waals surface area contributed by atoms with E-state index in [1.807, 2.05) is 30.6 Å². The smallest absolute Gasteiger partial charge is 0.191 e. The van der Waals surface area contributed by atoms with E-state index in [2.05, 4.69) is 50.2 Å². The van der Waals surface area contributed by atoms with E-state index in [9.17, 15) is 0 Å². The summed E-state index contributed by atoms with van der Waals surface area (Å²) in [7, 11) is 1.76. The molecule has 2 aromatic heterocycles. The molecular weight excluding hydrogens is 328 g/mol. The standard InChI is InChI=1S/C19H26N6O/c1-14(2)17-11-15(26-24-17)12-22-19(20-3)21-9-6-10-25-13-23-16-7-4-5-8-18(16)25/h4-5,7-8,11,13-14H,6,9-10,12H2,1-3H3,(H2,20,21,22). The first kappa shape index (κ1) is 18.0. The van der Waals surface area contributed by atoms with Crippen LogP contribution in [0, 0.1) is 0 Å². The number of aryl methyl sites for hydroxylation is 1. The van der Waals surface area contributed by atoms with Crippen LogP contribution in [-0.4, -0.2) is 34.3 Å². The van der Waals surface area contributed by atoms with Crippen LogP contribution >= 0.6 is 0 Å². The van der Waals surface area contributed by atoms with Crippen LogP contribution < -0.4 is 10.6 Å². The molecule has 2 N–H and O–H groups in total. The molecule has 3 rings (SSSR count). The van der Waals surface area contributed by atoms with Crippen LogP contribution in [0.5, 0.6) is 0 Å². The van der Waals surface area contributed by atoms with Crippen LogP contribution in [0.2, 0.25) is 0 Å². The van der Waals surface area contributed by atoms with Crippen LogP contribution in [0.3, 0.4) is 0 Å². The van der Waals surface area contributed by atoms with Crippen molar-refractivity contribution in [1.82, 2.24) is 25.3 Å². The van der Waals surface area contributed by atoms with Crippen molar-refractivity contribution in [1.29, 1.82) is 0 Å². The molecule has 2 heterocycles. The van der Waals surface area contributed by atoms with Gasteiger partial charge in [-0.2, -0.15) is 0 Å². The Hall–Kier alpha value is -2.83. The van der Waals surface area contributed by atoms with Gasteiger partial charge < -0.3 is 19.7 Å². The second kappa shape index (κ2) is 8.51. The highest BCUT2D eigenvalue weighted by Crippen LogP contribution is 2.14. The fourth-order valence-corrected chi connectivity index (χ4v) is 2.72. The van der Waals surface area contributed by atoms with Crippen molar-refractivity contribution < 1.29 is 4.52 Å². The number of benzene rings is 1. The maximum Gasteiger partial charge on any atom is 0.191 e. The maximum atomic E-state index is 5.33. The predicted molar refractivity (Wildman–Crippen MR) is 103 cm³/mol. The predicted octanol–water partition coefficient (Wildman–Crippen LogP) is 2.90. The van der Waals surface area contributed by atoms with Crippen LogP contribution in [0.15, 0.2) is 46.2 Å². The Morgan fingerprint density at radius 1 is 1.27 bits per heavy atom. The van der Waals surface area contributed by atoms with E-state index in [4.69, 9.17) is 4.52 Å². The first-order valence-electron chi connectivity index (χ1n) is 8.97. The van der Waals surface area contributed by atoms with Gasteiger partial charge in [-0.25, -0.2) is 4.98 Å². The topological polar surface area (TPSA) is 80.3 Å². The van der Waals surface area contributed by atoms with Crippen LogP contribution in [0.1, 0.15) is 37.6 Å². The average molecular weight is 354 g/mol. The van der Waals surface area contributed by atoms with Crippen LogP contribution in [0.25, 0.3) is 11.0 Å². The first-order valence-corrected chi connectivity index (χ1v) is 8.97. The molecule has 3 aromatic rings. The van der Waals surface area contributed by atoms with E-state index < -0.39 is 0 Å². The number of rotatable bonds is 7. The van der Waals surface area contributed by atoms with Crippen molar-refractivity contribution in [3.63, 3.8) is 0 Å². The maximum absolute atomic E-state index is 5.33. The second-order valence-electron chi connectivity index (χ2n) is 6.51. The van der Waals surface area contributed by atoms with Gasteiger partial charge >= 0.3 is 0 Å². The Balaban J connectivity index is 1.42. The van der Waals surface area contributed by atoms with Gasteiger partial charge in [0.25, 0.3) is 0 Å². The van der Waals surface area contributed by atoms with Crippen molar-refractivity contribution >= 4 is 17.0 Å². The number of hydrogen-bond acceptors (Lipinski definition) is 4. The van der Waals surface area contributed by atoms with Crippen molar-refractivity contribution in [3.8, 4) is 0 Å². The third-order valence-corrected chi connectivity index (χ3v) is 4.22. The molecule has 0 amide bonds. The Morgan fingerprint density at radius 3 is 2.88 bits per heavy atom. The summed E-state index contributed by atoms with van der Waals surface area (Å²) in [6, 6.07) is 10.2. The summed E-state index contributed by atoms with van der Waals surface area (Å²) >= 11 is 0. The highest BCUT2D eigenvalue weighted by Gasteiger charge is 2.08. The zero-order valence-corrected chi connectivity index (χ0v) is 15.6. The van der Waals surface area contributed by atoms with Crippen molar-refractivity contribution in [3.05, 3.63) is 48.1 Å². The number of guanidine groups is 1. The normalized spacial score (nSPS) is 12.1. The summed E-state index contributed by atoms with van der Waals surface area (Å²) in [6.45, 7) is 6.48. The number of fused-ring (bicyclic) bond motifs is 1. The van der Waals surface area contributed by atoms with E-state index in [0.717, 1.165) is 42.4 Å². The van der Waals surface area contributed by atoms with E-state index in [1.54, 1.807) is 7.05 Å².